The quantitative estimate of drug-likeness (QED) is 0.664. The molecule has 0 radical (unpaired) electrons. The number of methoxy groups -OCH3 is 1. The van der Waals surface area contributed by atoms with E-state index in [0.29, 0.717) is 37.7 Å². The van der Waals surface area contributed by atoms with Crippen molar-refractivity contribution in [2.45, 2.75) is 31.4 Å². The molecule has 1 aromatic rings. The lowest BCUT2D eigenvalue weighted by molar-refractivity contribution is -0.00703. The number of carbonyl (C=O) groups excluding carboxylic acids is 1. The van der Waals surface area contributed by atoms with Gasteiger partial charge in [-0.2, -0.15) is 0 Å². The van der Waals surface area contributed by atoms with Crippen LogP contribution in [-0.4, -0.2) is 62.6 Å². The van der Waals surface area contributed by atoms with E-state index in [2.05, 4.69) is 5.32 Å². The standard InChI is InChI=1S/C18H27NO5/c1-14(20)15-4-3-5-17(10-15)24-12-16(21)11-19-18(13-22-2)6-8-23-9-7-18/h3-5,10,16,19,21H,6-9,11-13H2,1-2H3. The van der Waals surface area contributed by atoms with Crippen molar-refractivity contribution >= 4 is 5.78 Å². The summed E-state index contributed by atoms with van der Waals surface area (Å²) in [6, 6.07) is 6.98. The molecule has 0 bridgehead atoms. The van der Waals surface area contributed by atoms with Crippen molar-refractivity contribution in [1.29, 1.82) is 0 Å². The van der Waals surface area contributed by atoms with Gasteiger partial charge in [-0.3, -0.25) is 4.79 Å². The molecule has 1 aliphatic heterocycles. The second-order valence-electron chi connectivity index (χ2n) is 6.26. The number of ketones is 1. The number of rotatable bonds is 9. The van der Waals surface area contributed by atoms with Crippen LogP contribution in [0.2, 0.25) is 0 Å². The molecule has 1 saturated heterocycles. The fraction of sp³-hybridized carbons (Fsp3) is 0.611. The zero-order valence-corrected chi connectivity index (χ0v) is 14.4. The minimum Gasteiger partial charge on any atom is -0.491 e. The van der Waals surface area contributed by atoms with Crippen molar-refractivity contribution in [3.63, 3.8) is 0 Å². The summed E-state index contributed by atoms with van der Waals surface area (Å²) >= 11 is 0. The number of nitrogens with one attached hydrogen (secondary N) is 1. The van der Waals surface area contributed by atoms with Crippen LogP contribution >= 0.6 is 0 Å². The Labute approximate surface area is 143 Å². The molecule has 1 aromatic carbocycles. The summed E-state index contributed by atoms with van der Waals surface area (Å²) in [6.45, 7) is 4.07. The zero-order chi connectivity index (χ0) is 17.4. The maximum Gasteiger partial charge on any atom is 0.159 e. The normalized spacial score (nSPS) is 18.1. The first-order valence-corrected chi connectivity index (χ1v) is 8.28. The fourth-order valence-corrected chi connectivity index (χ4v) is 2.80. The lowest BCUT2D eigenvalue weighted by atomic mass is 9.90. The lowest BCUT2D eigenvalue weighted by Crippen LogP contribution is -2.55. The van der Waals surface area contributed by atoms with Gasteiger partial charge in [0.25, 0.3) is 0 Å². The summed E-state index contributed by atoms with van der Waals surface area (Å²) in [7, 11) is 1.68. The van der Waals surface area contributed by atoms with Crippen LogP contribution in [0.3, 0.4) is 0 Å². The maximum atomic E-state index is 11.4. The van der Waals surface area contributed by atoms with Gasteiger partial charge in [-0.15, -0.1) is 0 Å². The van der Waals surface area contributed by atoms with Crippen LogP contribution in [0.15, 0.2) is 24.3 Å². The Morgan fingerprint density at radius 1 is 1.42 bits per heavy atom. The van der Waals surface area contributed by atoms with E-state index in [0.717, 1.165) is 12.8 Å². The molecule has 1 unspecified atom stereocenters. The van der Waals surface area contributed by atoms with E-state index in [4.69, 9.17) is 14.2 Å². The Morgan fingerprint density at radius 3 is 2.83 bits per heavy atom. The molecule has 1 heterocycles. The largest absolute Gasteiger partial charge is 0.491 e. The third-order valence-electron chi connectivity index (χ3n) is 4.27. The number of aliphatic hydroxyl groups is 1. The summed E-state index contributed by atoms with van der Waals surface area (Å²) < 4.78 is 16.3. The molecule has 2 N–H and O–H groups in total. The van der Waals surface area contributed by atoms with Crippen molar-refractivity contribution in [2.75, 3.05) is 40.1 Å². The summed E-state index contributed by atoms with van der Waals surface area (Å²) in [5.74, 6) is 0.572. The predicted octanol–water partition coefficient (Wildman–Crippen LogP) is 1.41. The topological polar surface area (TPSA) is 77.0 Å². The Kier molecular flexibility index (Phi) is 7.17. The SMILES string of the molecule is COCC1(NCC(O)COc2cccc(C(C)=O)c2)CCOCC1. The van der Waals surface area contributed by atoms with Gasteiger partial charge in [-0.25, -0.2) is 0 Å². The first kappa shape index (κ1) is 18.9. The highest BCUT2D eigenvalue weighted by molar-refractivity contribution is 5.94. The van der Waals surface area contributed by atoms with Gasteiger partial charge >= 0.3 is 0 Å². The van der Waals surface area contributed by atoms with Crippen molar-refractivity contribution in [3.8, 4) is 5.75 Å². The van der Waals surface area contributed by atoms with E-state index >= 15 is 0 Å². The van der Waals surface area contributed by atoms with E-state index in [1.165, 1.54) is 6.92 Å². The number of benzene rings is 1. The molecule has 0 amide bonds. The molecule has 0 aromatic heterocycles. The number of ether oxygens (including phenoxy) is 3. The summed E-state index contributed by atoms with van der Waals surface area (Å²) in [5, 5.41) is 13.6. The van der Waals surface area contributed by atoms with E-state index in [9.17, 15) is 9.90 Å². The van der Waals surface area contributed by atoms with Crippen molar-refractivity contribution < 1.29 is 24.1 Å². The van der Waals surface area contributed by atoms with E-state index in [1.54, 1.807) is 31.4 Å². The molecule has 1 aliphatic rings. The van der Waals surface area contributed by atoms with Gasteiger partial charge in [0.15, 0.2) is 5.78 Å². The van der Waals surface area contributed by atoms with Crippen LogP contribution in [0, 0.1) is 0 Å². The molecule has 0 spiro atoms. The van der Waals surface area contributed by atoms with E-state index in [1.807, 2.05) is 0 Å². The van der Waals surface area contributed by atoms with Gasteiger partial charge in [0.05, 0.1) is 6.61 Å². The molecule has 1 fully saturated rings. The Hall–Kier alpha value is -1.47. The van der Waals surface area contributed by atoms with Gasteiger partial charge in [0.2, 0.25) is 0 Å². The molecular weight excluding hydrogens is 310 g/mol. The van der Waals surface area contributed by atoms with Crippen LogP contribution in [0.1, 0.15) is 30.1 Å². The summed E-state index contributed by atoms with van der Waals surface area (Å²) in [4.78, 5) is 11.4. The zero-order valence-electron chi connectivity index (χ0n) is 14.4. The summed E-state index contributed by atoms with van der Waals surface area (Å²) in [6.07, 6.45) is 1.06. The number of carbonyl (C=O) groups is 1. The Balaban J connectivity index is 1.81. The minimum absolute atomic E-state index is 0.0105. The van der Waals surface area contributed by atoms with Crippen molar-refractivity contribution in [2.24, 2.45) is 0 Å². The Morgan fingerprint density at radius 2 is 2.17 bits per heavy atom. The lowest BCUT2D eigenvalue weighted by Gasteiger charge is -2.38. The van der Waals surface area contributed by atoms with Crippen molar-refractivity contribution in [1.82, 2.24) is 5.32 Å². The van der Waals surface area contributed by atoms with Gasteiger partial charge < -0.3 is 24.6 Å². The molecule has 0 aliphatic carbocycles. The average Bonchev–Trinajstić information content (AvgIpc) is 2.59. The monoisotopic (exact) mass is 337 g/mol. The van der Waals surface area contributed by atoms with Crippen LogP contribution < -0.4 is 10.1 Å². The third-order valence-corrected chi connectivity index (χ3v) is 4.27. The first-order chi connectivity index (χ1) is 11.5. The number of Topliss-reactive ketones (excluding diaryl/α,β-unsaturated/α-hetero) is 1. The van der Waals surface area contributed by atoms with Gasteiger partial charge in [0, 0.05) is 38.0 Å². The molecular formula is C18H27NO5. The average molecular weight is 337 g/mol. The molecule has 0 saturated carbocycles. The number of hydrogen-bond donors (Lipinski definition) is 2. The fourth-order valence-electron chi connectivity index (χ4n) is 2.80. The molecule has 6 nitrogen and oxygen atoms in total. The second-order valence-corrected chi connectivity index (χ2v) is 6.26. The Bertz CT molecular complexity index is 522. The number of aliphatic hydroxyl groups excluding tert-OH is 1. The van der Waals surface area contributed by atoms with Crippen LogP contribution in [0.5, 0.6) is 5.75 Å². The molecule has 1 atom stereocenters. The minimum atomic E-state index is -0.650. The molecule has 134 valence electrons. The van der Waals surface area contributed by atoms with E-state index < -0.39 is 6.10 Å². The summed E-state index contributed by atoms with van der Waals surface area (Å²) in [5.41, 5.74) is 0.448. The van der Waals surface area contributed by atoms with E-state index in [-0.39, 0.29) is 17.9 Å². The second kappa shape index (κ2) is 9.13. The third kappa shape index (κ3) is 5.56. The highest BCUT2D eigenvalue weighted by Gasteiger charge is 2.32. The number of hydrogen-bond acceptors (Lipinski definition) is 6. The predicted molar refractivity (Wildman–Crippen MR) is 90.6 cm³/mol. The highest BCUT2D eigenvalue weighted by atomic mass is 16.5. The van der Waals surface area contributed by atoms with Crippen LogP contribution in [-0.2, 0) is 9.47 Å². The smallest absolute Gasteiger partial charge is 0.159 e. The van der Waals surface area contributed by atoms with Gasteiger partial charge in [-0.1, -0.05) is 12.1 Å². The van der Waals surface area contributed by atoms with Gasteiger partial charge in [0.1, 0.15) is 18.5 Å². The van der Waals surface area contributed by atoms with Gasteiger partial charge in [-0.05, 0) is 31.9 Å². The van der Waals surface area contributed by atoms with Crippen LogP contribution in [0.4, 0.5) is 0 Å². The highest BCUT2D eigenvalue weighted by Crippen LogP contribution is 2.21. The number of β-amino-alcohol motifs (C(OH)–C–C–N with tert-alkyl or cyclic N) is 1. The molecule has 6 heteroatoms. The molecule has 2 rings (SSSR count). The van der Waals surface area contributed by atoms with Crippen molar-refractivity contribution in [3.05, 3.63) is 29.8 Å². The molecule has 24 heavy (non-hydrogen) atoms. The van der Waals surface area contributed by atoms with Crippen LogP contribution in [0.25, 0.3) is 0 Å². The first-order valence-electron chi connectivity index (χ1n) is 8.28. The maximum absolute atomic E-state index is 11.4.